The van der Waals surface area contributed by atoms with Crippen LogP contribution in [0.25, 0.3) is 5.69 Å². The SMILES string of the molecule is CCC1c2cccn2CCN1C(=O)c1cccc(-n2cnnc2)c1. The summed E-state index contributed by atoms with van der Waals surface area (Å²) < 4.78 is 4.04. The zero-order valence-electron chi connectivity index (χ0n) is 13.5. The molecule has 1 aliphatic rings. The molecule has 3 heterocycles. The Hall–Kier alpha value is -2.89. The van der Waals surface area contributed by atoms with E-state index in [-0.39, 0.29) is 11.9 Å². The molecule has 0 saturated heterocycles. The normalized spacial score (nSPS) is 16.9. The summed E-state index contributed by atoms with van der Waals surface area (Å²) in [6.07, 6.45) is 6.26. The van der Waals surface area contributed by atoms with E-state index >= 15 is 0 Å². The van der Waals surface area contributed by atoms with Crippen molar-refractivity contribution < 1.29 is 4.79 Å². The van der Waals surface area contributed by atoms with Gasteiger partial charge in [0.15, 0.2) is 0 Å². The van der Waals surface area contributed by atoms with Crippen LogP contribution in [0.4, 0.5) is 0 Å². The maximum Gasteiger partial charge on any atom is 0.254 e. The number of hydrogen-bond acceptors (Lipinski definition) is 3. The van der Waals surface area contributed by atoms with Crippen molar-refractivity contribution in [2.75, 3.05) is 6.54 Å². The first-order chi connectivity index (χ1) is 11.8. The van der Waals surface area contributed by atoms with Gasteiger partial charge in [-0.2, -0.15) is 0 Å². The average molecular weight is 321 g/mol. The Morgan fingerprint density at radius 1 is 1.17 bits per heavy atom. The van der Waals surface area contributed by atoms with Crippen molar-refractivity contribution in [1.29, 1.82) is 0 Å². The van der Waals surface area contributed by atoms with Gasteiger partial charge in [-0.15, -0.1) is 10.2 Å². The molecule has 0 N–H and O–H groups in total. The maximum atomic E-state index is 13.1. The fraction of sp³-hybridized carbons (Fsp3) is 0.278. The molecule has 0 bridgehead atoms. The lowest BCUT2D eigenvalue weighted by molar-refractivity contribution is 0.0618. The summed E-state index contributed by atoms with van der Waals surface area (Å²) in [5.41, 5.74) is 2.80. The first-order valence-electron chi connectivity index (χ1n) is 8.19. The number of rotatable bonds is 3. The van der Waals surface area contributed by atoms with E-state index in [1.165, 1.54) is 5.69 Å². The second-order valence-corrected chi connectivity index (χ2v) is 5.97. The Kier molecular flexibility index (Phi) is 3.65. The molecule has 1 aliphatic heterocycles. The lowest BCUT2D eigenvalue weighted by Gasteiger charge is -2.36. The van der Waals surface area contributed by atoms with Crippen LogP contribution in [0.5, 0.6) is 0 Å². The third-order valence-corrected chi connectivity index (χ3v) is 4.62. The first kappa shape index (κ1) is 14.7. The Morgan fingerprint density at radius 3 is 2.79 bits per heavy atom. The molecule has 1 amide bonds. The molecular weight excluding hydrogens is 302 g/mol. The van der Waals surface area contributed by atoms with Crippen LogP contribution in [0.3, 0.4) is 0 Å². The van der Waals surface area contributed by atoms with Gasteiger partial charge >= 0.3 is 0 Å². The molecule has 122 valence electrons. The smallest absolute Gasteiger partial charge is 0.254 e. The molecular formula is C18H19N5O. The highest BCUT2D eigenvalue weighted by Crippen LogP contribution is 2.30. The molecule has 0 saturated carbocycles. The van der Waals surface area contributed by atoms with E-state index in [2.05, 4.69) is 40.0 Å². The lowest BCUT2D eigenvalue weighted by atomic mass is 10.0. The van der Waals surface area contributed by atoms with E-state index in [0.717, 1.165) is 25.2 Å². The molecule has 24 heavy (non-hydrogen) atoms. The monoisotopic (exact) mass is 321 g/mol. The fourth-order valence-electron chi connectivity index (χ4n) is 3.44. The number of nitrogens with zero attached hydrogens (tertiary/aromatic N) is 5. The van der Waals surface area contributed by atoms with Crippen LogP contribution in [0.2, 0.25) is 0 Å². The van der Waals surface area contributed by atoms with Gasteiger partial charge in [-0.3, -0.25) is 9.36 Å². The highest BCUT2D eigenvalue weighted by Gasteiger charge is 2.30. The van der Waals surface area contributed by atoms with Gasteiger partial charge in [0.25, 0.3) is 5.91 Å². The molecule has 1 unspecified atom stereocenters. The Balaban J connectivity index is 1.65. The fourth-order valence-corrected chi connectivity index (χ4v) is 3.44. The quantitative estimate of drug-likeness (QED) is 0.745. The number of aromatic nitrogens is 4. The van der Waals surface area contributed by atoms with E-state index < -0.39 is 0 Å². The second kappa shape index (κ2) is 5.96. The summed E-state index contributed by atoms with van der Waals surface area (Å²) in [6.45, 7) is 3.70. The summed E-state index contributed by atoms with van der Waals surface area (Å²) >= 11 is 0. The molecule has 0 fully saturated rings. The minimum atomic E-state index is 0.0734. The van der Waals surface area contributed by atoms with E-state index in [1.807, 2.05) is 29.2 Å². The molecule has 4 rings (SSSR count). The average Bonchev–Trinajstić information content (AvgIpc) is 3.31. The third-order valence-electron chi connectivity index (χ3n) is 4.62. The number of amides is 1. The summed E-state index contributed by atoms with van der Waals surface area (Å²) in [4.78, 5) is 15.1. The number of hydrogen-bond donors (Lipinski definition) is 0. The van der Waals surface area contributed by atoms with Crippen LogP contribution in [-0.4, -0.2) is 36.7 Å². The Bertz CT molecular complexity index is 852. The zero-order valence-corrected chi connectivity index (χ0v) is 13.5. The van der Waals surface area contributed by atoms with Crippen molar-refractivity contribution in [3.05, 3.63) is 66.5 Å². The van der Waals surface area contributed by atoms with Crippen LogP contribution in [-0.2, 0) is 6.54 Å². The minimum absolute atomic E-state index is 0.0734. The van der Waals surface area contributed by atoms with Crippen LogP contribution in [0.15, 0.2) is 55.2 Å². The van der Waals surface area contributed by atoms with Crippen molar-refractivity contribution in [3.8, 4) is 5.69 Å². The van der Waals surface area contributed by atoms with E-state index in [9.17, 15) is 4.79 Å². The van der Waals surface area contributed by atoms with E-state index in [1.54, 1.807) is 17.2 Å². The molecule has 0 aliphatic carbocycles. The maximum absolute atomic E-state index is 13.1. The minimum Gasteiger partial charge on any atom is -0.348 e. The van der Waals surface area contributed by atoms with Gasteiger partial charge in [-0.25, -0.2) is 0 Å². The predicted octanol–water partition coefficient (Wildman–Crippen LogP) is 2.68. The van der Waals surface area contributed by atoms with Crippen molar-refractivity contribution >= 4 is 5.91 Å². The molecule has 1 atom stereocenters. The van der Waals surface area contributed by atoms with Gasteiger partial charge < -0.3 is 9.47 Å². The molecule has 0 radical (unpaired) electrons. The topological polar surface area (TPSA) is 56.0 Å². The standard InChI is InChI=1S/C18H19N5O/c1-2-16-17-7-4-8-21(17)9-10-23(16)18(24)14-5-3-6-15(11-14)22-12-19-20-13-22/h3-8,11-13,16H,2,9-10H2,1H3. The first-order valence-corrected chi connectivity index (χ1v) is 8.19. The molecule has 0 spiro atoms. The molecule has 3 aromatic rings. The van der Waals surface area contributed by atoms with Crippen molar-refractivity contribution in [2.45, 2.75) is 25.9 Å². The number of benzene rings is 1. The summed E-state index contributed by atoms with van der Waals surface area (Å²) in [5, 5.41) is 7.64. The van der Waals surface area contributed by atoms with Crippen molar-refractivity contribution in [3.63, 3.8) is 0 Å². The highest BCUT2D eigenvalue weighted by atomic mass is 16.2. The number of carbonyl (C=O) groups excluding carboxylic acids is 1. The van der Waals surface area contributed by atoms with Crippen LogP contribution < -0.4 is 0 Å². The van der Waals surface area contributed by atoms with E-state index in [4.69, 9.17) is 0 Å². The molecule has 6 nitrogen and oxygen atoms in total. The highest BCUT2D eigenvalue weighted by molar-refractivity contribution is 5.95. The number of carbonyl (C=O) groups is 1. The summed E-state index contributed by atoms with van der Waals surface area (Å²) in [5.74, 6) is 0.0734. The van der Waals surface area contributed by atoms with Crippen molar-refractivity contribution in [1.82, 2.24) is 24.2 Å². The second-order valence-electron chi connectivity index (χ2n) is 5.97. The van der Waals surface area contributed by atoms with E-state index in [0.29, 0.717) is 5.56 Å². The van der Waals surface area contributed by atoms with Gasteiger partial charge in [-0.05, 0) is 36.8 Å². The van der Waals surface area contributed by atoms with Crippen LogP contribution >= 0.6 is 0 Å². The lowest BCUT2D eigenvalue weighted by Crippen LogP contribution is -2.41. The largest absolute Gasteiger partial charge is 0.348 e. The molecule has 2 aromatic heterocycles. The van der Waals surface area contributed by atoms with Gasteiger partial charge in [0, 0.05) is 36.2 Å². The third kappa shape index (κ3) is 2.40. The predicted molar refractivity (Wildman–Crippen MR) is 89.9 cm³/mol. The van der Waals surface area contributed by atoms with Gasteiger partial charge in [0.05, 0.1) is 6.04 Å². The van der Waals surface area contributed by atoms with Crippen LogP contribution in [0.1, 0.15) is 35.4 Å². The van der Waals surface area contributed by atoms with Gasteiger partial charge in [-0.1, -0.05) is 13.0 Å². The Morgan fingerprint density at radius 2 is 2.00 bits per heavy atom. The van der Waals surface area contributed by atoms with Crippen LogP contribution in [0, 0.1) is 0 Å². The van der Waals surface area contributed by atoms with Gasteiger partial charge in [0.1, 0.15) is 12.7 Å². The summed E-state index contributed by atoms with van der Waals surface area (Å²) in [7, 11) is 0. The number of fused-ring (bicyclic) bond motifs is 1. The van der Waals surface area contributed by atoms with Gasteiger partial charge in [0.2, 0.25) is 0 Å². The Labute approximate surface area is 140 Å². The molecule has 1 aromatic carbocycles. The summed E-state index contributed by atoms with van der Waals surface area (Å²) in [6, 6.07) is 11.9. The zero-order chi connectivity index (χ0) is 16.5. The van der Waals surface area contributed by atoms with Crippen molar-refractivity contribution in [2.24, 2.45) is 0 Å². The molecule has 6 heteroatoms.